The number of nitriles is 2. The van der Waals surface area contributed by atoms with Gasteiger partial charge in [0.15, 0.2) is 0 Å². The predicted octanol–water partition coefficient (Wildman–Crippen LogP) is 0.886. The smallest absolute Gasteiger partial charge is 0.0985 e. The van der Waals surface area contributed by atoms with Crippen molar-refractivity contribution in [3.63, 3.8) is 0 Å². The molecule has 58 valence electrons. The molecule has 1 aliphatic heterocycles. The van der Waals surface area contributed by atoms with E-state index in [2.05, 4.69) is 12.1 Å². The zero-order valence-electron chi connectivity index (χ0n) is 6.62. The van der Waals surface area contributed by atoms with Crippen molar-refractivity contribution in [1.29, 1.82) is 10.5 Å². The number of hydrogen-bond acceptors (Lipinski definition) is 3. The van der Waals surface area contributed by atoms with Gasteiger partial charge in [0.1, 0.15) is 0 Å². The summed E-state index contributed by atoms with van der Waals surface area (Å²) in [5.74, 6) is 0. The van der Waals surface area contributed by atoms with Gasteiger partial charge < -0.3 is 0 Å². The van der Waals surface area contributed by atoms with Crippen molar-refractivity contribution in [2.45, 2.75) is 31.3 Å². The summed E-state index contributed by atoms with van der Waals surface area (Å²) >= 11 is 0. The molecule has 0 aliphatic carbocycles. The molecule has 0 N–H and O–H groups in total. The van der Waals surface area contributed by atoms with Gasteiger partial charge in [-0.3, -0.25) is 4.90 Å². The van der Waals surface area contributed by atoms with Gasteiger partial charge in [-0.15, -0.1) is 0 Å². The minimum absolute atomic E-state index is 0.0478. The van der Waals surface area contributed by atoms with Crippen LogP contribution >= 0.6 is 0 Å². The topological polar surface area (TPSA) is 50.8 Å². The molecule has 1 aliphatic rings. The first-order valence-electron chi connectivity index (χ1n) is 3.80. The normalized spacial score (nSPS) is 32.3. The number of likely N-dealkylation sites (tertiary alicyclic amines) is 1. The van der Waals surface area contributed by atoms with Crippen LogP contribution in [0.15, 0.2) is 0 Å². The third-order valence-electron chi connectivity index (χ3n) is 2.24. The van der Waals surface area contributed by atoms with Crippen molar-refractivity contribution in [2.24, 2.45) is 0 Å². The molecule has 2 atom stereocenters. The van der Waals surface area contributed by atoms with Crippen LogP contribution in [0.5, 0.6) is 0 Å². The van der Waals surface area contributed by atoms with Crippen molar-refractivity contribution in [1.82, 2.24) is 4.90 Å². The van der Waals surface area contributed by atoms with Crippen LogP contribution in [-0.2, 0) is 0 Å². The van der Waals surface area contributed by atoms with Crippen molar-refractivity contribution in [3.8, 4) is 12.1 Å². The van der Waals surface area contributed by atoms with Gasteiger partial charge in [0.05, 0.1) is 24.2 Å². The fourth-order valence-electron chi connectivity index (χ4n) is 1.44. The maximum atomic E-state index is 8.67. The van der Waals surface area contributed by atoms with E-state index in [1.165, 1.54) is 0 Å². The van der Waals surface area contributed by atoms with Crippen LogP contribution in [0.1, 0.15) is 19.3 Å². The molecule has 11 heavy (non-hydrogen) atoms. The Hall–Kier alpha value is -1.06. The molecule has 0 unspecified atom stereocenters. The van der Waals surface area contributed by atoms with Gasteiger partial charge in [0.25, 0.3) is 0 Å². The second-order valence-corrected chi connectivity index (χ2v) is 2.89. The Morgan fingerprint density at radius 3 is 2.00 bits per heavy atom. The lowest BCUT2D eigenvalue weighted by Gasteiger charge is -2.31. The Kier molecular flexibility index (Phi) is 2.46. The molecule has 0 saturated carbocycles. The average Bonchev–Trinajstić information content (AvgIpc) is 2.05. The lowest BCUT2D eigenvalue weighted by molar-refractivity contribution is 0.183. The highest BCUT2D eigenvalue weighted by Crippen LogP contribution is 2.19. The largest absolute Gasteiger partial charge is 0.275 e. The molecule has 3 heteroatoms. The maximum absolute atomic E-state index is 8.67. The quantitative estimate of drug-likeness (QED) is 0.514. The molecule has 0 radical (unpaired) electrons. The van der Waals surface area contributed by atoms with Gasteiger partial charge in [-0.1, -0.05) is 0 Å². The molecule has 1 rings (SSSR count). The molecule has 1 saturated heterocycles. The average molecular weight is 149 g/mol. The Balaban J connectivity index is 2.62. The van der Waals surface area contributed by atoms with Gasteiger partial charge in [0, 0.05) is 0 Å². The summed E-state index contributed by atoms with van der Waals surface area (Å²) in [6, 6.07) is 4.29. The second kappa shape index (κ2) is 3.37. The molecule has 1 heterocycles. The summed E-state index contributed by atoms with van der Waals surface area (Å²) in [4.78, 5) is 1.86. The number of hydrogen-bond donors (Lipinski definition) is 0. The molecule has 0 aromatic rings. The minimum Gasteiger partial charge on any atom is -0.275 e. The first-order chi connectivity index (χ1) is 5.29. The van der Waals surface area contributed by atoms with Gasteiger partial charge in [-0.2, -0.15) is 10.5 Å². The molecular formula is C8H11N3. The van der Waals surface area contributed by atoms with E-state index in [1.807, 2.05) is 11.9 Å². The third-order valence-corrected chi connectivity index (χ3v) is 2.24. The Labute approximate surface area is 66.8 Å². The SMILES string of the molecule is CN1[C@H](C#N)CCC[C@@H]1C#N. The fourth-order valence-corrected chi connectivity index (χ4v) is 1.44. The first-order valence-corrected chi connectivity index (χ1v) is 3.80. The lowest BCUT2D eigenvalue weighted by atomic mass is 9.98. The molecule has 1 fully saturated rings. The minimum atomic E-state index is -0.0478. The van der Waals surface area contributed by atoms with Crippen LogP contribution in [0.25, 0.3) is 0 Å². The summed E-state index contributed by atoms with van der Waals surface area (Å²) in [6.07, 6.45) is 2.82. The number of nitrogens with zero attached hydrogens (tertiary/aromatic N) is 3. The van der Waals surface area contributed by atoms with E-state index in [1.54, 1.807) is 0 Å². The van der Waals surface area contributed by atoms with Crippen molar-refractivity contribution >= 4 is 0 Å². The number of rotatable bonds is 0. The van der Waals surface area contributed by atoms with Crippen molar-refractivity contribution in [3.05, 3.63) is 0 Å². The summed E-state index contributed by atoms with van der Waals surface area (Å²) in [5.41, 5.74) is 0. The van der Waals surface area contributed by atoms with Gasteiger partial charge in [0.2, 0.25) is 0 Å². The maximum Gasteiger partial charge on any atom is 0.0985 e. The molecule has 0 aromatic carbocycles. The molecule has 0 aromatic heterocycles. The summed E-state index contributed by atoms with van der Waals surface area (Å²) in [6.45, 7) is 0. The molecule has 3 nitrogen and oxygen atoms in total. The van der Waals surface area contributed by atoms with Crippen molar-refractivity contribution < 1.29 is 0 Å². The summed E-state index contributed by atoms with van der Waals surface area (Å²) < 4.78 is 0. The number of piperidine rings is 1. The zero-order valence-corrected chi connectivity index (χ0v) is 6.62. The lowest BCUT2D eigenvalue weighted by Crippen LogP contribution is -2.42. The Morgan fingerprint density at radius 1 is 1.18 bits per heavy atom. The molecular weight excluding hydrogens is 138 g/mol. The van der Waals surface area contributed by atoms with Crippen LogP contribution in [0, 0.1) is 22.7 Å². The Morgan fingerprint density at radius 2 is 1.64 bits per heavy atom. The van der Waals surface area contributed by atoms with Crippen molar-refractivity contribution in [2.75, 3.05) is 7.05 Å². The predicted molar refractivity (Wildman–Crippen MR) is 40.4 cm³/mol. The van der Waals surface area contributed by atoms with E-state index in [9.17, 15) is 0 Å². The zero-order chi connectivity index (χ0) is 8.27. The highest BCUT2D eigenvalue weighted by Gasteiger charge is 2.26. The van der Waals surface area contributed by atoms with E-state index >= 15 is 0 Å². The van der Waals surface area contributed by atoms with Crippen LogP contribution in [0.3, 0.4) is 0 Å². The summed E-state index contributed by atoms with van der Waals surface area (Å²) in [5, 5.41) is 17.3. The summed E-state index contributed by atoms with van der Waals surface area (Å²) in [7, 11) is 1.85. The van der Waals surface area contributed by atoms with E-state index in [0.717, 1.165) is 19.3 Å². The Bertz CT molecular complexity index is 188. The second-order valence-electron chi connectivity index (χ2n) is 2.89. The van der Waals surface area contributed by atoms with Gasteiger partial charge in [-0.05, 0) is 26.3 Å². The standard InChI is InChI=1S/C8H11N3/c1-11-7(5-9)3-2-4-8(11)6-10/h7-8H,2-4H2,1H3/t7-,8+. The van der Waals surface area contributed by atoms with E-state index < -0.39 is 0 Å². The monoisotopic (exact) mass is 149 g/mol. The van der Waals surface area contributed by atoms with Gasteiger partial charge in [-0.25, -0.2) is 0 Å². The van der Waals surface area contributed by atoms with E-state index in [0.29, 0.717) is 0 Å². The highest BCUT2D eigenvalue weighted by atomic mass is 15.2. The van der Waals surface area contributed by atoms with Crippen LogP contribution < -0.4 is 0 Å². The molecule has 0 bridgehead atoms. The first kappa shape index (κ1) is 8.04. The fraction of sp³-hybridized carbons (Fsp3) is 0.750. The van der Waals surface area contributed by atoms with E-state index in [4.69, 9.17) is 10.5 Å². The van der Waals surface area contributed by atoms with Crippen LogP contribution in [0.2, 0.25) is 0 Å². The van der Waals surface area contributed by atoms with Crippen LogP contribution in [0.4, 0.5) is 0 Å². The van der Waals surface area contributed by atoms with Crippen LogP contribution in [-0.4, -0.2) is 24.0 Å². The van der Waals surface area contributed by atoms with E-state index in [-0.39, 0.29) is 12.1 Å². The van der Waals surface area contributed by atoms with Gasteiger partial charge >= 0.3 is 0 Å². The molecule has 0 amide bonds. The molecule has 0 spiro atoms. The third kappa shape index (κ3) is 1.50. The highest BCUT2D eigenvalue weighted by molar-refractivity contribution is 5.02.